The summed E-state index contributed by atoms with van der Waals surface area (Å²) in [5, 5.41) is 0. The number of anilines is 1. The first kappa shape index (κ1) is 11.4. The van der Waals surface area contributed by atoms with Crippen molar-refractivity contribution in [3.63, 3.8) is 0 Å². The Kier molecular flexibility index (Phi) is 3.55. The van der Waals surface area contributed by atoms with E-state index >= 15 is 0 Å². The van der Waals surface area contributed by atoms with Gasteiger partial charge >= 0.3 is 0 Å². The summed E-state index contributed by atoms with van der Waals surface area (Å²) in [6, 6.07) is 11.8. The molecule has 0 amide bonds. The molecule has 1 aromatic heterocycles. The number of benzene rings is 1. The molecule has 1 heterocycles. The molecule has 0 fully saturated rings. The zero-order valence-corrected chi connectivity index (χ0v) is 10.00. The monoisotopic (exact) mass is 229 g/mol. The van der Waals surface area contributed by atoms with E-state index in [-0.39, 0.29) is 0 Å². The van der Waals surface area contributed by atoms with Crippen LogP contribution >= 0.6 is 0 Å². The third kappa shape index (κ3) is 3.17. The number of hydrogen-bond donors (Lipinski definition) is 0. The third-order valence-corrected chi connectivity index (χ3v) is 2.25. The molecule has 1 aromatic carbocycles. The van der Waals surface area contributed by atoms with Gasteiger partial charge in [0.1, 0.15) is 6.61 Å². The molecule has 0 unspecified atom stereocenters. The van der Waals surface area contributed by atoms with Crippen molar-refractivity contribution in [3.8, 4) is 5.88 Å². The average molecular weight is 229 g/mol. The Morgan fingerprint density at radius 3 is 2.59 bits per heavy atom. The first-order chi connectivity index (χ1) is 8.25. The van der Waals surface area contributed by atoms with Gasteiger partial charge in [-0.05, 0) is 5.56 Å². The highest BCUT2D eigenvalue weighted by molar-refractivity contribution is 5.29. The highest BCUT2D eigenvalue weighted by atomic mass is 16.5. The number of nitrogens with zero attached hydrogens (tertiary/aromatic N) is 3. The summed E-state index contributed by atoms with van der Waals surface area (Å²) in [4.78, 5) is 10.3. The fourth-order valence-electron chi connectivity index (χ4n) is 1.36. The van der Waals surface area contributed by atoms with Crippen molar-refractivity contribution in [1.82, 2.24) is 9.97 Å². The molecular weight excluding hydrogens is 214 g/mol. The van der Waals surface area contributed by atoms with Crippen molar-refractivity contribution in [2.75, 3.05) is 19.0 Å². The van der Waals surface area contributed by atoms with Gasteiger partial charge in [-0.1, -0.05) is 30.3 Å². The molecule has 0 bridgehead atoms. The van der Waals surface area contributed by atoms with Gasteiger partial charge in [-0.15, -0.1) is 0 Å². The van der Waals surface area contributed by atoms with Crippen LogP contribution < -0.4 is 9.64 Å². The van der Waals surface area contributed by atoms with Gasteiger partial charge in [-0.2, -0.15) is 4.98 Å². The number of hydrogen-bond acceptors (Lipinski definition) is 4. The summed E-state index contributed by atoms with van der Waals surface area (Å²) in [7, 11) is 3.80. The van der Waals surface area contributed by atoms with Crippen LogP contribution in [0.3, 0.4) is 0 Å². The molecule has 0 aliphatic heterocycles. The zero-order chi connectivity index (χ0) is 12.1. The van der Waals surface area contributed by atoms with Crippen LogP contribution in [0.25, 0.3) is 0 Å². The van der Waals surface area contributed by atoms with Gasteiger partial charge in [0, 0.05) is 26.4 Å². The lowest BCUT2D eigenvalue weighted by molar-refractivity contribution is 0.293. The zero-order valence-electron chi connectivity index (χ0n) is 10.00. The highest BCUT2D eigenvalue weighted by Crippen LogP contribution is 2.12. The fourth-order valence-corrected chi connectivity index (χ4v) is 1.36. The predicted molar refractivity (Wildman–Crippen MR) is 67.1 cm³/mol. The second-order valence-electron chi connectivity index (χ2n) is 3.86. The van der Waals surface area contributed by atoms with Crippen LogP contribution in [-0.4, -0.2) is 24.1 Å². The predicted octanol–water partition coefficient (Wildman–Crippen LogP) is 2.12. The molecule has 0 saturated heterocycles. The average Bonchev–Trinajstić information content (AvgIpc) is 2.38. The Balaban J connectivity index is 2.02. The van der Waals surface area contributed by atoms with Crippen LogP contribution in [0.4, 0.5) is 5.95 Å². The molecule has 0 saturated carbocycles. The summed E-state index contributed by atoms with van der Waals surface area (Å²) in [6.07, 6.45) is 1.70. The smallest absolute Gasteiger partial charge is 0.228 e. The summed E-state index contributed by atoms with van der Waals surface area (Å²) < 4.78 is 5.61. The number of rotatable bonds is 4. The Bertz CT molecular complexity index is 471. The second-order valence-corrected chi connectivity index (χ2v) is 3.86. The second kappa shape index (κ2) is 5.30. The Morgan fingerprint density at radius 2 is 1.88 bits per heavy atom. The first-order valence-corrected chi connectivity index (χ1v) is 5.43. The van der Waals surface area contributed by atoms with Crippen molar-refractivity contribution in [3.05, 3.63) is 48.2 Å². The maximum atomic E-state index is 5.61. The highest BCUT2D eigenvalue weighted by Gasteiger charge is 2.01. The summed E-state index contributed by atoms with van der Waals surface area (Å²) in [5.74, 6) is 1.24. The fraction of sp³-hybridized carbons (Fsp3) is 0.231. The number of ether oxygens (including phenoxy) is 1. The normalized spacial score (nSPS) is 10.0. The summed E-state index contributed by atoms with van der Waals surface area (Å²) in [6.45, 7) is 0.519. The Labute approximate surface area is 101 Å². The van der Waals surface area contributed by atoms with Gasteiger partial charge < -0.3 is 9.64 Å². The van der Waals surface area contributed by atoms with Gasteiger partial charge in [0.25, 0.3) is 0 Å². The van der Waals surface area contributed by atoms with Crippen LogP contribution in [0, 0.1) is 0 Å². The quantitative estimate of drug-likeness (QED) is 0.805. The summed E-state index contributed by atoms with van der Waals surface area (Å²) in [5.41, 5.74) is 1.12. The molecular formula is C13H15N3O. The van der Waals surface area contributed by atoms with Gasteiger partial charge in [0.15, 0.2) is 0 Å². The molecule has 0 N–H and O–H groups in total. The van der Waals surface area contributed by atoms with E-state index in [1.54, 1.807) is 12.3 Å². The maximum Gasteiger partial charge on any atom is 0.228 e. The van der Waals surface area contributed by atoms with Crippen molar-refractivity contribution in [1.29, 1.82) is 0 Å². The largest absolute Gasteiger partial charge is 0.473 e. The minimum absolute atomic E-state index is 0.519. The molecule has 2 rings (SSSR count). The lowest BCUT2D eigenvalue weighted by atomic mass is 10.2. The van der Waals surface area contributed by atoms with Gasteiger partial charge in [0.2, 0.25) is 11.8 Å². The molecule has 17 heavy (non-hydrogen) atoms. The van der Waals surface area contributed by atoms with E-state index in [1.165, 1.54) is 0 Å². The van der Waals surface area contributed by atoms with Crippen LogP contribution in [0.5, 0.6) is 5.88 Å². The summed E-state index contributed by atoms with van der Waals surface area (Å²) >= 11 is 0. The van der Waals surface area contributed by atoms with E-state index < -0.39 is 0 Å². The van der Waals surface area contributed by atoms with E-state index in [0.29, 0.717) is 18.4 Å². The standard InChI is InChI=1S/C13H15N3O/c1-16(2)13-14-9-8-12(15-13)17-10-11-6-4-3-5-7-11/h3-9H,10H2,1-2H3. The molecule has 0 radical (unpaired) electrons. The van der Waals surface area contributed by atoms with Gasteiger partial charge in [-0.25, -0.2) is 4.98 Å². The van der Waals surface area contributed by atoms with Crippen molar-refractivity contribution < 1.29 is 4.74 Å². The molecule has 4 heteroatoms. The molecule has 4 nitrogen and oxygen atoms in total. The van der Waals surface area contributed by atoms with Crippen LogP contribution in [-0.2, 0) is 6.61 Å². The lowest BCUT2D eigenvalue weighted by Gasteiger charge is -2.11. The third-order valence-electron chi connectivity index (χ3n) is 2.25. The minimum atomic E-state index is 0.519. The van der Waals surface area contributed by atoms with E-state index in [2.05, 4.69) is 9.97 Å². The molecule has 2 aromatic rings. The van der Waals surface area contributed by atoms with Crippen molar-refractivity contribution >= 4 is 5.95 Å². The van der Waals surface area contributed by atoms with Crippen LogP contribution in [0.1, 0.15) is 5.56 Å². The van der Waals surface area contributed by atoms with E-state index in [0.717, 1.165) is 5.56 Å². The lowest BCUT2D eigenvalue weighted by Crippen LogP contribution is -2.12. The number of aromatic nitrogens is 2. The van der Waals surface area contributed by atoms with Gasteiger partial charge in [0.05, 0.1) is 0 Å². The maximum absolute atomic E-state index is 5.61. The Morgan fingerprint density at radius 1 is 1.12 bits per heavy atom. The molecule has 0 aliphatic carbocycles. The van der Waals surface area contributed by atoms with Crippen molar-refractivity contribution in [2.45, 2.75) is 6.61 Å². The molecule has 88 valence electrons. The molecule has 0 spiro atoms. The van der Waals surface area contributed by atoms with Gasteiger partial charge in [-0.3, -0.25) is 0 Å². The van der Waals surface area contributed by atoms with Crippen LogP contribution in [0.2, 0.25) is 0 Å². The molecule has 0 aliphatic rings. The van der Waals surface area contributed by atoms with Crippen LogP contribution in [0.15, 0.2) is 42.6 Å². The SMILES string of the molecule is CN(C)c1nccc(OCc2ccccc2)n1. The van der Waals surface area contributed by atoms with E-state index in [4.69, 9.17) is 4.74 Å². The van der Waals surface area contributed by atoms with Crippen molar-refractivity contribution in [2.24, 2.45) is 0 Å². The Hall–Kier alpha value is -2.10. The van der Waals surface area contributed by atoms with E-state index in [1.807, 2.05) is 49.3 Å². The molecule has 0 atom stereocenters. The topological polar surface area (TPSA) is 38.2 Å². The minimum Gasteiger partial charge on any atom is -0.473 e. The van der Waals surface area contributed by atoms with E-state index in [9.17, 15) is 0 Å². The first-order valence-electron chi connectivity index (χ1n) is 5.43.